The molecular weight excluding hydrogens is 374 g/mol. The molecule has 1 nitrogen and oxygen atoms in total. The molecule has 31 heavy (non-hydrogen) atoms. The molecule has 0 bridgehead atoms. The first kappa shape index (κ1) is 21.6. The van der Waals surface area contributed by atoms with E-state index in [0.717, 1.165) is 6.42 Å². The molecule has 0 atom stereocenters. The molecule has 1 heterocycles. The fourth-order valence-corrected chi connectivity index (χ4v) is 4.89. The summed E-state index contributed by atoms with van der Waals surface area (Å²) in [5.41, 5.74) is 8.44. The maximum Gasteiger partial charge on any atom is 0.213 e. The Labute approximate surface area is 187 Å². The zero-order valence-corrected chi connectivity index (χ0v) is 20.4. The summed E-state index contributed by atoms with van der Waals surface area (Å²) in [6.07, 6.45) is 1.06. The van der Waals surface area contributed by atoms with Crippen molar-refractivity contribution in [2.75, 3.05) is 0 Å². The highest BCUT2D eigenvalue weighted by atomic mass is 14.9. The molecule has 3 aromatic carbocycles. The van der Waals surface area contributed by atoms with Crippen LogP contribution in [0.3, 0.4) is 0 Å². The standard InChI is InChI=1S/C30H36N/c1-20-22-13-9-10-15-24(22)26(30(5,6)7)18-25(20)28-17-21(19-29(2,3)4)23-14-11-12-16-27(23)31(28)8/h9-18H,19H2,1-8H3/q+1. The molecule has 0 aliphatic rings. The van der Waals surface area contributed by atoms with Crippen LogP contribution in [0, 0.1) is 12.3 Å². The number of hydrogen-bond donors (Lipinski definition) is 0. The van der Waals surface area contributed by atoms with Crippen molar-refractivity contribution in [1.82, 2.24) is 0 Å². The van der Waals surface area contributed by atoms with Crippen LogP contribution in [0.4, 0.5) is 0 Å². The second-order valence-corrected chi connectivity index (χ2v) is 11.3. The summed E-state index contributed by atoms with van der Waals surface area (Å²) in [4.78, 5) is 0. The van der Waals surface area contributed by atoms with Crippen LogP contribution in [0.1, 0.15) is 58.2 Å². The van der Waals surface area contributed by atoms with E-state index in [4.69, 9.17) is 0 Å². The van der Waals surface area contributed by atoms with Gasteiger partial charge in [0.2, 0.25) is 11.2 Å². The SMILES string of the molecule is Cc1c(-c2cc(CC(C)(C)C)c3ccccc3[n+]2C)cc(C(C)(C)C)c2ccccc12. The van der Waals surface area contributed by atoms with Gasteiger partial charge in [-0.3, -0.25) is 0 Å². The summed E-state index contributed by atoms with van der Waals surface area (Å²) >= 11 is 0. The molecule has 0 amide bonds. The Balaban J connectivity index is 2.10. The van der Waals surface area contributed by atoms with Crippen molar-refractivity contribution >= 4 is 21.7 Å². The van der Waals surface area contributed by atoms with Crippen LogP contribution in [0.5, 0.6) is 0 Å². The molecule has 0 fully saturated rings. The first-order valence-electron chi connectivity index (χ1n) is 11.4. The van der Waals surface area contributed by atoms with Crippen LogP contribution < -0.4 is 4.57 Å². The van der Waals surface area contributed by atoms with Crippen LogP contribution >= 0.6 is 0 Å². The zero-order chi connectivity index (χ0) is 22.6. The summed E-state index contributed by atoms with van der Waals surface area (Å²) in [6.45, 7) is 16.2. The van der Waals surface area contributed by atoms with Gasteiger partial charge in [-0.05, 0) is 63.8 Å². The molecule has 0 saturated heterocycles. The van der Waals surface area contributed by atoms with Gasteiger partial charge in [-0.15, -0.1) is 0 Å². The Morgan fingerprint density at radius 1 is 0.742 bits per heavy atom. The Morgan fingerprint density at radius 3 is 1.94 bits per heavy atom. The highest BCUT2D eigenvalue weighted by Crippen LogP contribution is 2.38. The second kappa shape index (κ2) is 7.48. The first-order valence-corrected chi connectivity index (χ1v) is 11.4. The third kappa shape index (κ3) is 3.99. The Kier molecular flexibility index (Phi) is 5.20. The molecular formula is C30H36N+. The molecule has 4 rings (SSSR count). The summed E-state index contributed by atoms with van der Waals surface area (Å²) < 4.78 is 2.38. The predicted molar refractivity (Wildman–Crippen MR) is 135 cm³/mol. The third-order valence-electron chi connectivity index (χ3n) is 6.40. The number of para-hydroxylation sites is 1. The molecule has 1 aromatic heterocycles. The minimum Gasteiger partial charge on any atom is -0.194 e. The zero-order valence-electron chi connectivity index (χ0n) is 20.4. The van der Waals surface area contributed by atoms with E-state index in [1.165, 1.54) is 49.6 Å². The van der Waals surface area contributed by atoms with Crippen LogP contribution in [0.25, 0.3) is 32.9 Å². The molecule has 0 N–H and O–H groups in total. The average molecular weight is 411 g/mol. The number of benzene rings is 3. The molecule has 0 aliphatic carbocycles. The fourth-order valence-electron chi connectivity index (χ4n) is 4.89. The number of fused-ring (bicyclic) bond motifs is 2. The number of aryl methyl sites for hydroxylation is 2. The second-order valence-electron chi connectivity index (χ2n) is 11.3. The first-order chi connectivity index (χ1) is 14.5. The lowest BCUT2D eigenvalue weighted by atomic mass is 9.80. The Bertz CT molecular complexity index is 1280. The van der Waals surface area contributed by atoms with Crippen molar-refractivity contribution in [1.29, 1.82) is 0 Å². The van der Waals surface area contributed by atoms with Gasteiger partial charge in [0.15, 0.2) is 0 Å². The van der Waals surface area contributed by atoms with Gasteiger partial charge in [0.25, 0.3) is 0 Å². The van der Waals surface area contributed by atoms with Crippen LogP contribution in [-0.2, 0) is 18.9 Å². The summed E-state index contributed by atoms with van der Waals surface area (Å²) in [7, 11) is 2.21. The molecule has 0 spiro atoms. The molecule has 1 heteroatoms. The molecule has 0 unspecified atom stereocenters. The molecule has 0 radical (unpaired) electrons. The number of aromatic nitrogens is 1. The van der Waals surface area contributed by atoms with E-state index >= 15 is 0 Å². The van der Waals surface area contributed by atoms with Crippen LogP contribution in [0.2, 0.25) is 0 Å². The predicted octanol–water partition coefficient (Wildman–Crippen LogP) is 7.68. The van der Waals surface area contributed by atoms with E-state index in [1.807, 2.05) is 0 Å². The average Bonchev–Trinajstić information content (AvgIpc) is 2.69. The maximum atomic E-state index is 2.45. The van der Waals surface area contributed by atoms with Crippen LogP contribution in [0.15, 0.2) is 60.7 Å². The molecule has 0 saturated carbocycles. The molecule has 0 aliphatic heterocycles. The van der Waals surface area contributed by atoms with Gasteiger partial charge in [-0.1, -0.05) is 77.9 Å². The lowest BCUT2D eigenvalue weighted by Gasteiger charge is -2.24. The van der Waals surface area contributed by atoms with Crippen molar-refractivity contribution < 1.29 is 4.57 Å². The van der Waals surface area contributed by atoms with Crippen molar-refractivity contribution in [2.45, 2.75) is 60.3 Å². The summed E-state index contributed by atoms with van der Waals surface area (Å²) in [5, 5.41) is 4.09. The van der Waals surface area contributed by atoms with E-state index < -0.39 is 0 Å². The van der Waals surface area contributed by atoms with E-state index in [-0.39, 0.29) is 10.8 Å². The monoisotopic (exact) mass is 410 g/mol. The van der Waals surface area contributed by atoms with Gasteiger partial charge < -0.3 is 0 Å². The van der Waals surface area contributed by atoms with Crippen molar-refractivity contribution in [3.63, 3.8) is 0 Å². The van der Waals surface area contributed by atoms with Gasteiger partial charge in [0, 0.05) is 23.1 Å². The van der Waals surface area contributed by atoms with Crippen LogP contribution in [-0.4, -0.2) is 0 Å². The van der Waals surface area contributed by atoms with Gasteiger partial charge in [-0.25, -0.2) is 0 Å². The third-order valence-corrected chi connectivity index (χ3v) is 6.40. The number of nitrogens with zero attached hydrogens (tertiary/aromatic N) is 1. The maximum absolute atomic E-state index is 2.45. The Morgan fingerprint density at radius 2 is 1.32 bits per heavy atom. The Hall–Kier alpha value is -2.67. The van der Waals surface area contributed by atoms with Gasteiger partial charge >= 0.3 is 0 Å². The van der Waals surface area contributed by atoms with E-state index in [0.29, 0.717) is 0 Å². The number of rotatable bonds is 2. The van der Waals surface area contributed by atoms with E-state index in [1.54, 1.807) is 0 Å². The van der Waals surface area contributed by atoms with E-state index in [9.17, 15) is 0 Å². The summed E-state index contributed by atoms with van der Waals surface area (Å²) in [5.74, 6) is 0. The van der Waals surface area contributed by atoms with E-state index in [2.05, 4.69) is 121 Å². The van der Waals surface area contributed by atoms with Gasteiger partial charge in [-0.2, -0.15) is 4.57 Å². The normalized spacial score (nSPS) is 12.6. The molecule has 160 valence electrons. The topological polar surface area (TPSA) is 3.88 Å². The van der Waals surface area contributed by atoms with Crippen molar-refractivity contribution in [2.24, 2.45) is 12.5 Å². The van der Waals surface area contributed by atoms with Crippen molar-refractivity contribution in [3.8, 4) is 11.3 Å². The smallest absolute Gasteiger partial charge is 0.194 e. The highest BCUT2D eigenvalue weighted by Gasteiger charge is 2.26. The fraction of sp³-hybridized carbons (Fsp3) is 0.367. The minimum absolute atomic E-state index is 0.0751. The lowest BCUT2D eigenvalue weighted by Crippen LogP contribution is -2.33. The quantitative estimate of drug-likeness (QED) is 0.298. The number of pyridine rings is 1. The minimum atomic E-state index is 0.0751. The number of hydrogen-bond acceptors (Lipinski definition) is 0. The summed E-state index contributed by atoms with van der Waals surface area (Å²) in [6, 6.07) is 22.6. The lowest BCUT2D eigenvalue weighted by molar-refractivity contribution is -0.633. The van der Waals surface area contributed by atoms with Crippen molar-refractivity contribution in [3.05, 3.63) is 77.4 Å². The largest absolute Gasteiger partial charge is 0.213 e. The molecule has 4 aromatic rings. The van der Waals surface area contributed by atoms with Gasteiger partial charge in [0.1, 0.15) is 7.05 Å². The van der Waals surface area contributed by atoms with Gasteiger partial charge in [0.05, 0.1) is 0 Å². The highest BCUT2D eigenvalue weighted by molar-refractivity contribution is 5.94.